The van der Waals surface area contributed by atoms with Gasteiger partial charge in [0.25, 0.3) is 0 Å². The van der Waals surface area contributed by atoms with Gasteiger partial charge in [0, 0.05) is 6.08 Å². The second kappa shape index (κ2) is 2.64. The normalized spacial score (nSPS) is 17.7. The van der Waals surface area contributed by atoms with Gasteiger partial charge in [0.05, 0.1) is 6.54 Å². The number of halogens is 2. The molecule has 0 radical (unpaired) electrons. The summed E-state index contributed by atoms with van der Waals surface area (Å²) >= 11 is 0. The maximum absolute atomic E-state index is 12.3. The molecule has 0 amide bonds. The van der Waals surface area contributed by atoms with Crippen LogP contribution in [0.1, 0.15) is 6.92 Å². The molecule has 0 saturated carbocycles. The molecular weight excluding hydrogens is 140 g/mol. The molecule has 0 aromatic rings. The number of hydrogen-bond acceptors (Lipinski definition) is 3. The first-order valence-electron chi connectivity index (χ1n) is 2.88. The number of hydrogen-bond donors (Lipinski definition) is 1. The lowest BCUT2D eigenvalue weighted by atomic mass is 10.6. The van der Waals surface area contributed by atoms with Crippen LogP contribution in [0.3, 0.4) is 0 Å². The number of nitrogens with zero attached hydrogens (tertiary/aromatic N) is 2. The van der Waals surface area contributed by atoms with E-state index in [1.54, 1.807) is 6.92 Å². The molecule has 1 rings (SSSR count). The van der Waals surface area contributed by atoms with Crippen LogP contribution in [0.15, 0.2) is 17.1 Å². The minimum absolute atomic E-state index is 0.411. The molecule has 0 aliphatic carbocycles. The van der Waals surface area contributed by atoms with Gasteiger partial charge in [-0.3, -0.25) is 5.43 Å². The molecule has 56 valence electrons. The number of nitrogens with one attached hydrogen (secondary N) is 1. The van der Waals surface area contributed by atoms with Crippen LogP contribution >= 0.6 is 0 Å². The van der Waals surface area contributed by atoms with Crippen LogP contribution in [0, 0.1) is 0 Å². The van der Waals surface area contributed by atoms with Gasteiger partial charge >= 0.3 is 0 Å². The highest BCUT2D eigenvalue weighted by molar-refractivity contribution is 5.87. The van der Waals surface area contributed by atoms with Crippen molar-refractivity contribution in [1.82, 2.24) is 10.5 Å². The summed E-state index contributed by atoms with van der Waals surface area (Å²) < 4.78 is 24.5. The Balaban J connectivity index is 2.67. The second-order valence-electron chi connectivity index (χ2n) is 1.74. The summed E-state index contributed by atoms with van der Waals surface area (Å²) in [5, 5.41) is 4.38. The molecule has 0 atom stereocenters. The van der Waals surface area contributed by atoms with E-state index in [1.807, 2.05) is 0 Å². The third-order valence-electron chi connectivity index (χ3n) is 0.997. The number of hydrazone groups is 1. The summed E-state index contributed by atoms with van der Waals surface area (Å²) in [6.07, 6.45) is 0.687. The zero-order chi connectivity index (χ0) is 7.56. The first-order chi connectivity index (χ1) is 4.72. The molecule has 0 spiro atoms. The van der Waals surface area contributed by atoms with Crippen LogP contribution in [-0.4, -0.2) is 17.6 Å². The van der Waals surface area contributed by atoms with Gasteiger partial charge in [0.1, 0.15) is 0 Å². The highest BCUT2D eigenvalue weighted by Gasteiger charge is 2.09. The van der Waals surface area contributed by atoms with Crippen molar-refractivity contribution < 1.29 is 8.78 Å². The molecule has 0 bridgehead atoms. The molecule has 0 aromatic heterocycles. The molecule has 3 nitrogen and oxygen atoms in total. The van der Waals surface area contributed by atoms with Gasteiger partial charge in [-0.1, -0.05) is 0 Å². The van der Waals surface area contributed by atoms with Crippen LogP contribution < -0.4 is 5.43 Å². The first-order valence-corrected chi connectivity index (χ1v) is 2.88. The summed E-state index contributed by atoms with van der Waals surface area (Å²) in [6, 6.07) is 0. The number of rotatable bonds is 1. The fraction of sp³-hybridized carbons (Fsp3) is 0.400. The minimum atomic E-state index is -0.821. The highest BCUT2D eigenvalue weighted by atomic mass is 19.1. The van der Waals surface area contributed by atoms with Gasteiger partial charge in [-0.2, -0.15) is 8.78 Å². The summed E-state index contributed by atoms with van der Waals surface area (Å²) in [5.74, 6) is -1.55. The van der Waals surface area contributed by atoms with Gasteiger partial charge in [-0.25, -0.2) is 5.12 Å². The monoisotopic (exact) mass is 147 g/mol. The fourth-order valence-corrected chi connectivity index (χ4v) is 0.579. The lowest BCUT2D eigenvalue weighted by Crippen LogP contribution is -2.34. The number of hydrazine groups is 1. The molecule has 1 aliphatic rings. The van der Waals surface area contributed by atoms with Crippen molar-refractivity contribution in [2.75, 3.05) is 6.54 Å². The molecular formula is C5H7F2N3. The Kier molecular flexibility index (Phi) is 1.84. The zero-order valence-corrected chi connectivity index (χ0v) is 5.43. The van der Waals surface area contributed by atoms with E-state index in [0.717, 1.165) is 5.12 Å². The molecule has 10 heavy (non-hydrogen) atoms. The Morgan fingerprint density at radius 3 is 2.90 bits per heavy atom. The predicted octanol–water partition coefficient (Wildman–Crippen LogP) is 0.920. The van der Waals surface area contributed by atoms with Gasteiger partial charge in [-0.15, -0.1) is 5.10 Å². The lowest BCUT2D eigenvalue weighted by Gasteiger charge is -2.19. The van der Waals surface area contributed by atoms with Crippen LogP contribution in [-0.2, 0) is 0 Å². The summed E-state index contributed by atoms with van der Waals surface area (Å²) in [4.78, 5) is 0. The minimum Gasteiger partial charge on any atom is -0.257 e. The Morgan fingerprint density at radius 1 is 1.70 bits per heavy atom. The highest BCUT2D eigenvalue weighted by Crippen LogP contribution is 2.02. The Morgan fingerprint density at radius 2 is 2.40 bits per heavy atom. The van der Waals surface area contributed by atoms with Crippen molar-refractivity contribution in [1.29, 1.82) is 0 Å². The van der Waals surface area contributed by atoms with Crippen molar-refractivity contribution in [3.8, 4) is 0 Å². The fourth-order valence-electron chi connectivity index (χ4n) is 0.579. The van der Waals surface area contributed by atoms with Crippen molar-refractivity contribution in [2.24, 2.45) is 5.10 Å². The molecule has 0 fully saturated rings. The first kappa shape index (κ1) is 6.98. The molecule has 0 saturated heterocycles. The van der Waals surface area contributed by atoms with E-state index >= 15 is 0 Å². The van der Waals surface area contributed by atoms with Crippen LogP contribution in [0.25, 0.3) is 0 Å². The molecule has 1 heterocycles. The van der Waals surface area contributed by atoms with Gasteiger partial charge < -0.3 is 0 Å². The smallest absolute Gasteiger partial charge is 0.237 e. The third-order valence-corrected chi connectivity index (χ3v) is 0.997. The van der Waals surface area contributed by atoms with Gasteiger partial charge in [-0.05, 0) is 6.92 Å². The van der Waals surface area contributed by atoms with Crippen molar-refractivity contribution >= 4 is 5.97 Å². The summed E-state index contributed by atoms with van der Waals surface area (Å²) in [5.41, 5.74) is 2.20. The Hall–Kier alpha value is -1.13. The Bertz CT molecular complexity index is 187. The van der Waals surface area contributed by atoms with Crippen LogP contribution in [0.5, 0.6) is 0 Å². The average Bonchev–Trinajstić information content (AvgIpc) is 1.85. The Labute approximate surface area is 57.0 Å². The average molecular weight is 147 g/mol. The van der Waals surface area contributed by atoms with Gasteiger partial charge in [0.2, 0.25) is 11.9 Å². The summed E-state index contributed by atoms with van der Waals surface area (Å²) in [7, 11) is 0. The van der Waals surface area contributed by atoms with E-state index in [1.165, 1.54) is 0 Å². The van der Waals surface area contributed by atoms with E-state index < -0.39 is 11.9 Å². The topological polar surface area (TPSA) is 27.6 Å². The van der Waals surface area contributed by atoms with Crippen LogP contribution in [0.4, 0.5) is 8.78 Å². The molecule has 1 aliphatic heterocycles. The molecule has 0 unspecified atom stereocenters. The quantitative estimate of drug-likeness (QED) is 0.558. The SMILES string of the molecule is CCN1N=C(F)C=C(F)N1. The second-order valence-corrected chi connectivity index (χ2v) is 1.74. The van der Waals surface area contributed by atoms with Crippen molar-refractivity contribution in [3.05, 3.63) is 12.0 Å². The zero-order valence-electron chi connectivity index (χ0n) is 5.43. The molecule has 0 aromatic carbocycles. The standard InChI is InChI=1S/C5H7F2N3/c1-2-10-8-4(6)3-5(7)9-10/h3,8H,2H2,1H3. The van der Waals surface area contributed by atoms with Gasteiger partial charge in [0.15, 0.2) is 0 Å². The molecule has 1 N–H and O–H groups in total. The molecule has 5 heteroatoms. The van der Waals surface area contributed by atoms with E-state index in [2.05, 4.69) is 10.5 Å². The predicted molar refractivity (Wildman–Crippen MR) is 33.2 cm³/mol. The largest absolute Gasteiger partial charge is 0.257 e. The third kappa shape index (κ3) is 1.43. The van der Waals surface area contributed by atoms with E-state index in [9.17, 15) is 8.78 Å². The van der Waals surface area contributed by atoms with Crippen molar-refractivity contribution in [2.45, 2.75) is 6.92 Å². The maximum Gasteiger partial charge on any atom is 0.237 e. The van der Waals surface area contributed by atoms with E-state index in [4.69, 9.17) is 0 Å². The number of allylic oxidation sites excluding steroid dienone is 1. The van der Waals surface area contributed by atoms with E-state index in [0.29, 0.717) is 12.6 Å². The van der Waals surface area contributed by atoms with Crippen molar-refractivity contribution in [3.63, 3.8) is 0 Å². The summed E-state index contributed by atoms with van der Waals surface area (Å²) in [6.45, 7) is 2.14. The van der Waals surface area contributed by atoms with E-state index in [-0.39, 0.29) is 0 Å². The maximum atomic E-state index is 12.3. The van der Waals surface area contributed by atoms with Crippen LogP contribution in [0.2, 0.25) is 0 Å². The lowest BCUT2D eigenvalue weighted by molar-refractivity contribution is 0.200.